The summed E-state index contributed by atoms with van der Waals surface area (Å²) in [7, 11) is 1.46. The maximum Gasteiger partial charge on any atom is 0.246 e. The van der Waals surface area contributed by atoms with Crippen molar-refractivity contribution in [2.24, 2.45) is 10.9 Å². The van der Waals surface area contributed by atoms with Crippen molar-refractivity contribution in [2.75, 3.05) is 7.05 Å². The van der Waals surface area contributed by atoms with Crippen molar-refractivity contribution in [2.45, 2.75) is 38.3 Å². The summed E-state index contributed by atoms with van der Waals surface area (Å²) in [6, 6.07) is -0.821. The SMILES string of the molecule is CCC(NC1CCC(=O)N(C)C1=O)C(N)=NO. The first-order valence-corrected chi connectivity index (χ1v) is 5.55. The first-order valence-electron chi connectivity index (χ1n) is 5.55. The van der Waals surface area contributed by atoms with E-state index in [1.54, 1.807) is 0 Å². The van der Waals surface area contributed by atoms with Crippen LogP contribution in [0.3, 0.4) is 0 Å². The van der Waals surface area contributed by atoms with Crippen molar-refractivity contribution in [1.29, 1.82) is 0 Å². The summed E-state index contributed by atoms with van der Waals surface area (Å²) in [4.78, 5) is 24.2. The number of nitrogens with two attached hydrogens (primary N) is 1. The number of carbonyl (C=O) groups excluding carboxylic acids is 2. The zero-order valence-electron chi connectivity index (χ0n) is 10.0. The van der Waals surface area contributed by atoms with Gasteiger partial charge in [0.2, 0.25) is 11.8 Å². The molecule has 96 valence electrons. The number of carbonyl (C=O) groups is 2. The maximum atomic E-state index is 11.8. The van der Waals surface area contributed by atoms with E-state index in [2.05, 4.69) is 10.5 Å². The summed E-state index contributed by atoms with van der Waals surface area (Å²) in [6.07, 6.45) is 1.36. The molecule has 1 fully saturated rings. The molecular weight excluding hydrogens is 224 g/mol. The van der Waals surface area contributed by atoms with E-state index in [9.17, 15) is 9.59 Å². The van der Waals surface area contributed by atoms with E-state index in [1.165, 1.54) is 7.05 Å². The van der Waals surface area contributed by atoms with E-state index >= 15 is 0 Å². The van der Waals surface area contributed by atoms with Gasteiger partial charge in [0, 0.05) is 13.5 Å². The molecule has 0 aromatic carbocycles. The number of amides is 2. The van der Waals surface area contributed by atoms with Crippen molar-refractivity contribution in [1.82, 2.24) is 10.2 Å². The van der Waals surface area contributed by atoms with Gasteiger partial charge in [-0.25, -0.2) is 0 Å². The van der Waals surface area contributed by atoms with Crippen LogP contribution in [0, 0.1) is 0 Å². The van der Waals surface area contributed by atoms with Gasteiger partial charge in [-0.3, -0.25) is 19.8 Å². The lowest BCUT2D eigenvalue weighted by Gasteiger charge is -2.30. The van der Waals surface area contributed by atoms with Gasteiger partial charge in [-0.1, -0.05) is 12.1 Å². The molecule has 0 saturated carbocycles. The van der Waals surface area contributed by atoms with Gasteiger partial charge in [0.05, 0.1) is 12.1 Å². The first kappa shape index (κ1) is 13.4. The lowest BCUT2D eigenvalue weighted by Crippen LogP contribution is -2.56. The molecule has 2 amide bonds. The second-order valence-corrected chi connectivity index (χ2v) is 4.03. The Hall–Kier alpha value is -1.63. The fraction of sp³-hybridized carbons (Fsp3) is 0.700. The zero-order valence-corrected chi connectivity index (χ0v) is 10.0. The first-order chi connectivity index (χ1) is 8.01. The quantitative estimate of drug-likeness (QED) is 0.198. The van der Waals surface area contributed by atoms with E-state index < -0.39 is 6.04 Å². The monoisotopic (exact) mass is 242 g/mol. The largest absolute Gasteiger partial charge is 0.409 e. The van der Waals surface area contributed by atoms with Gasteiger partial charge in [0.25, 0.3) is 0 Å². The van der Waals surface area contributed by atoms with Crippen molar-refractivity contribution in [3.8, 4) is 0 Å². The van der Waals surface area contributed by atoms with Gasteiger partial charge in [0.1, 0.15) is 0 Å². The Bertz CT molecular complexity index is 342. The molecule has 0 aromatic rings. The van der Waals surface area contributed by atoms with Gasteiger partial charge in [-0.05, 0) is 12.8 Å². The molecule has 17 heavy (non-hydrogen) atoms. The topological polar surface area (TPSA) is 108 Å². The van der Waals surface area contributed by atoms with Crippen molar-refractivity contribution in [3.63, 3.8) is 0 Å². The Kier molecular flexibility index (Phi) is 4.45. The van der Waals surface area contributed by atoms with Crippen LogP contribution in [-0.4, -0.2) is 46.9 Å². The van der Waals surface area contributed by atoms with Crippen molar-refractivity contribution >= 4 is 17.6 Å². The minimum Gasteiger partial charge on any atom is -0.409 e. The number of amidine groups is 1. The third-order valence-corrected chi connectivity index (χ3v) is 2.93. The lowest BCUT2D eigenvalue weighted by atomic mass is 10.0. The van der Waals surface area contributed by atoms with Crippen LogP contribution in [0.25, 0.3) is 0 Å². The predicted octanol–water partition coefficient (Wildman–Crippen LogP) is -0.752. The Balaban J connectivity index is 2.68. The molecule has 7 heteroatoms. The van der Waals surface area contributed by atoms with Crippen LogP contribution < -0.4 is 11.1 Å². The molecule has 2 unspecified atom stereocenters. The van der Waals surface area contributed by atoms with E-state index in [0.29, 0.717) is 19.3 Å². The summed E-state index contributed by atoms with van der Waals surface area (Å²) in [6.45, 7) is 1.86. The Morgan fingerprint density at radius 1 is 1.71 bits per heavy atom. The highest BCUT2D eigenvalue weighted by molar-refractivity contribution is 6.00. The number of nitrogens with zero attached hydrogens (tertiary/aromatic N) is 2. The molecule has 0 aromatic heterocycles. The van der Waals surface area contributed by atoms with Gasteiger partial charge in [-0.15, -0.1) is 0 Å². The Morgan fingerprint density at radius 2 is 2.35 bits per heavy atom. The second-order valence-electron chi connectivity index (χ2n) is 4.03. The van der Waals surface area contributed by atoms with Gasteiger partial charge < -0.3 is 10.9 Å². The molecule has 1 aliphatic rings. The molecule has 1 aliphatic heterocycles. The highest BCUT2D eigenvalue weighted by Crippen LogP contribution is 2.12. The van der Waals surface area contributed by atoms with E-state index in [4.69, 9.17) is 10.9 Å². The molecule has 7 nitrogen and oxygen atoms in total. The normalized spacial score (nSPS) is 24.0. The standard InChI is InChI=1S/C10H18N4O3/c1-3-6(9(11)13-17)12-7-4-5-8(15)14(2)10(7)16/h6-7,12,17H,3-5H2,1-2H3,(H2,11,13). The molecule has 2 atom stereocenters. The molecule has 1 saturated heterocycles. The van der Waals surface area contributed by atoms with Crippen LogP contribution in [0.5, 0.6) is 0 Å². The summed E-state index contributed by atoms with van der Waals surface area (Å²) >= 11 is 0. The maximum absolute atomic E-state index is 11.8. The summed E-state index contributed by atoms with van der Waals surface area (Å²) in [5.41, 5.74) is 5.50. The minimum atomic E-state index is -0.456. The zero-order chi connectivity index (χ0) is 13.0. The molecule has 1 rings (SSSR count). The van der Waals surface area contributed by atoms with Crippen molar-refractivity contribution in [3.05, 3.63) is 0 Å². The lowest BCUT2D eigenvalue weighted by molar-refractivity contribution is -0.148. The van der Waals surface area contributed by atoms with Crippen LogP contribution in [-0.2, 0) is 9.59 Å². The fourth-order valence-electron chi connectivity index (χ4n) is 1.80. The number of imide groups is 1. The molecule has 0 bridgehead atoms. The van der Waals surface area contributed by atoms with Gasteiger partial charge in [0.15, 0.2) is 5.84 Å². The Morgan fingerprint density at radius 3 is 2.88 bits per heavy atom. The number of oxime groups is 1. The summed E-state index contributed by atoms with van der Waals surface area (Å²) < 4.78 is 0. The van der Waals surface area contributed by atoms with Crippen LogP contribution in [0.15, 0.2) is 5.16 Å². The second kappa shape index (κ2) is 5.62. The third-order valence-electron chi connectivity index (χ3n) is 2.93. The molecule has 1 heterocycles. The minimum absolute atomic E-state index is 0.0415. The molecule has 0 spiro atoms. The number of hydrogen-bond donors (Lipinski definition) is 3. The fourth-order valence-corrected chi connectivity index (χ4v) is 1.80. The van der Waals surface area contributed by atoms with Crippen LogP contribution in [0.2, 0.25) is 0 Å². The average molecular weight is 242 g/mol. The smallest absolute Gasteiger partial charge is 0.246 e. The number of likely N-dealkylation sites (N-methyl/N-ethyl adjacent to an activating group) is 1. The van der Waals surface area contributed by atoms with Gasteiger partial charge >= 0.3 is 0 Å². The highest BCUT2D eigenvalue weighted by atomic mass is 16.4. The van der Waals surface area contributed by atoms with Gasteiger partial charge in [-0.2, -0.15) is 0 Å². The van der Waals surface area contributed by atoms with Crippen LogP contribution in [0.4, 0.5) is 0 Å². The Labute approximate surface area is 99.6 Å². The number of hydrogen-bond acceptors (Lipinski definition) is 5. The number of rotatable bonds is 4. The van der Waals surface area contributed by atoms with Crippen molar-refractivity contribution < 1.29 is 14.8 Å². The predicted molar refractivity (Wildman–Crippen MR) is 61.4 cm³/mol. The van der Waals surface area contributed by atoms with Crippen LogP contribution in [0.1, 0.15) is 26.2 Å². The number of piperidine rings is 1. The summed E-state index contributed by atoms with van der Waals surface area (Å²) in [5, 5.41) is 14.5. The summed E-state index contributed by atoms with van der Waals surface area (Å²) in [5.74, 6) is -0.407. The van der Waals surface area contributed by atoms with E-state index in [1.807, 2.05) is 6.92 Å². The average Bonchev–Trinajstić information content (AvgIpc) is 2.34. The number of nitrogens with one attached hydrogen (secondary N) is 1. The molecule has 4 N–H and O–H groups in total. The number of likely N-dealkylation sites (tertiary alicyclic amines) is 1. The molecule has 0 aliphatic carbocycles. The molecule has 0 radical (unpaired) electrons. The highest BCUT2D eigenvalue weighted by Gasteiger charge is 2.33. The van der Waals surface area contributed by atoms with E-state index in [0.717, 1.165) is 4.90 Å². The third kappa shape index (κ3) is 2.94. The molecular formula is C10H18N4O3. The van der Waals surface area contributed by atoms with E-state index in [-0.39, 0.29) is 23.7 Å². The van der Waals surface area contributed by atoms with Crippen LogP contribution >= 0.6 is 0 Å².